The van der Waals surface area contributed by atoms with Crippen molar-refractivity contribution in [2.45, 2.75) is 19.8 Å². The second-order valence-corrected chi connectivity index (χ2v) is 4.91. The highest BCUT2D eigenvalue weighted by Crippen LogP contribution is 2.15. The maximum Gasteiger partial charge on any atom is 0.307 e. The number of rotatable bonds is 5. The Labute approximate surface area is 113 Å². The van der Waals surface area contributed by atoms with Gasteiger partial charge in [-0.1, -0.05) is 60.2 Å². The van der Waals surface area contributed by atoms with Crippen molar-refractivity contribution in [1.29, 1.82) is 0 Å². The highest BCUT2D eigenvalue weighted by molar-refractivity contribution is 5.70. The smallest absolute Gasteiger partial charge is 0.307 e. The number of aryl methyl sites for hydroxylation is 1. The molecule has 0 spiro atoms. The lowest BCUT2D eigenvalue weighted by molar-refractivity contribution is -0.141. The molecule has 0 saturated carbocycles. The fraction of sp³-hybridized carbons (Fsp3) is 0.235. The molecule has 2 nitrogen and oxygen atoms in total. The Balaban J connectivity index is 2.08. The van der Waals surface area contributed by atoms with Gasteiger partial charge in [-0.05, 0) is 30.9 Å². The molecule has 1 atom stereocenters. The van der Waals surface area contributed by atoms with Crippen LogP contribution in [-0.4, -0.2) is 11.1 Å². The zero-order valence-corrected chi connectivity index (χ0v) is 11.0. The lowest BCUT2D eigenvalue weighted by Crippen LogP contribution is -2.19. The number of hydrogen-bond donors (Lipinski definition) is 1. The first-order valence-corrected chi connectivity index (χ1v) is 6.47. The van der Waals surface area contributed by atoms with E-state index in [0.29, 0.717) is 12.8 Å². The van der Waals surface area contributed by atoms with Gasteiger partial charge < -0.3 is 5.11 Å². The van der Waals surface area contributed by atoms with Gasteiger partial charge in [0.1, 0.15) is 0 Å². The van der Waals surface area contributed by atoms with Crippen molar-refractivity contribution < 1.29 is 9.90 Å². The molecule has 2 rings (SSSR count). The van der Waals surface area contributed by atoms with Gasteiger partial charge in [-0.2, -0.15) is 0 Å². The quantitative estimate of drug-likeness (QED) is 0.887. The zero-order chi connectivity index (χ0) is 13.7. The Hall–Kier alpha value is -2.09. The van der Waals surface area contributed by atoms with E-state index in [1.165, 1.54) is 5.56 Å². The van der Waals surface area contributed by atoms with E-state index in [1.807, 2.05) is 61.5 Å². The van der Waals surface area contributed by atoms with Gasteiger partial charge in [0.2, 0.25) is 0 Å². The Kier molecular flexibility index (Phi) is 4.35. The number of hydrogen-bond acceptors (Lipinski definition) is 1. The average Bonchev–Trinajstić information content (AvgIpc) is 2.41. The summed E-state index contributed by atoms with van der Waals surface area (Å²) in [5.74, 6) is -1.10. The minimum Gasteiger partial charge on any atom is -0.481 e. The second kappa shape index (κ2) is 6.19. The van der Waals surface area contributed by atoms with E-state index in [9.17, 15) is 9.90 Å². The second-order valence-electron chi connectivity index (χ2n) is 4.91. The summed E-state index contributed by atoms with van der Waals surface area (Å²) < 4.78 is 0. The Morgan fingerprint density at radius 3 is 2.00 bits per heavy atom. The summed E-state index contributed by atoms with van der Waals surface area (Å²) in [6, 6.07) is 17.9. The highest BCUT2D eigenvalue weighted by Gasteiger charge is 2.18. The van der Waals surface area contributed by atoms with Crippen molar-refractivity contribution in [3.05, 3.63) is 71.3 Å². The van der Waals surface area contributed by atoms with Crippen molar-refractivity contribution in [3.63, 3.8) is 0 Å². The summed E-state index contributed by atoms with van der Waals surface area (Å²) in [6.07, 6.45) is 1.15. The van der Waals surface area contributed by atoms with Crippen LogP contribution < -0.4 is 0 Å². The van der Waals surface area contributed by atoms with Crippen LogP contribution in [0.5, 0.6) is 0 Å². The topological polar surface area (TPSA) is 37.3 Å². The van der Waals surface area contributed by atoms with Gasteiger partial charge in [0.15, 0.2) is 0 Å². The van der Waals surface area contributed by atoms with Crippen LogP contribution in [0.15, 0.2) is 54.6 Å². The first kappa shape index (κ1) is 13.3. The third-order valence-electron chi connectivity index (χ3n) is 3.28. The summed E-state index contributed by atoms with van der Waals surface area (Å²) in [6.45, 7) is 2.03. The highest BCUT2D eigenvalue weighted by atomic mass is 16.4. The molecule has 98 valence electrons. The van der Waals surface area contributed by atoms with E-state index in [2.05, 4.69) is 0 Å². The summed E-state index contributed by atoms with van der Waals surface area (Å²) >= 11 is 0. The lowest BCUT2D eigenvalue weighted by Gasteiger charge is -2.12. The molecule has 0 saturated heterocycles. The maximum atomic E-state index is 11.4. The predicted molar refractivity (Wildman–Crippen MR) is 76.2 cm³/mol. The number of aliphatic carboxylic acids is 1. The summed E-state index contributed by atoms with van der Waals surface area (Å²) in [5, 5.41) is 9.35. The lowest BCUT2D eigenvalue weighted by atomic mass is 9.92. The van der Waals surface area contributed by atoms with E-state index < -0.39 is 5.97 Å². The molecule has 0 aliphatic rings. The Bertz CT molecular complexity index is 529. The van der Waals surface area contributed by atoms with Crippen LogP contribution in [0.25, 0.3) is 0 Å². The molecule has 0 aromatic heterocycles. The standard InChI is InChI=1S/C17H18O2/c1-13-7-9-15(10-8-13)12-16(17(18)19)11-14-5-3-2-4-6-14/h2-10,16H,11-12H2,1H3,(H,18,19). The van der Waals surface area contributed by atoms with Gasteiger partial charge in [0, 0.05) is 0 Å². The van der Waals surface area contributed by atoms with Gasteiger partial charge >= 0.3 is 5.97 Å². The van der Waals surface area contributed by atoms with E-state index >= 15 is 0 Å². The molecule has 0 bridgehead atoms. The first-order chi connectivity index (χ1) is 9.15. The minimum absolute atomic E-state index is 0.370. The fourth-order valence-corrected chi connectivity index (χ4v) is 2.15. The number of benzene rings is 2. The van der Waals surface area contributed by atoms with Gasteiger partial charge in [-0.25, -0.2) is 0 Å². The van der Waals surface area contributed by atoms with Crippen LogP contribution >= 0.6 is 0 Å². The molecule has 1 unspecified atom stereocenters. The van der Waals surface area contributed by atoms with Gasteiger partial charge in [-0.15, -0.1) is 0 Å². The molecular formula is C17H18O2. The monoisotopic (exact) mass is 254 g/mol. The maximum absolute atomic E-state index is 11.4. The van der Waals surface area contributed by atoms with E-state index in [1.54, 1.807) is 0 Å². The molecule has 0 aliphatic heterocycles. The van der Waals surface area contributed by atoms with Crippen molar-refractivity contribution in [2.75, 3.05) is 0 Å². The third-order valence-corrected chi connectivity index (χ3v) is 3.28. The molecule has 2 aromatic rings. The Morgan fingerprint density at radius 2 is 1.47 bits per heavy atom. The average molecular weight is 254 g/mol. The molecule has 19 heavy (non-hydrogen) atoms. The van der Waals surface area contributed by atoms with Crippen LogP contribution in [0.4, 0.5) is 0 Å². The molecule has 0 amide bonds. The molecule has 0 radical (unpaired) electrons. The first-order valence-electron chi connectivity index (χ1n) is 6.47. The summed E-state index contributed by atoms with van der Waals surface area (Å²) in [5.41, 5.74) is 3.34. The van der Waals surface area contributed by atoms with Crippen molar-refractivity contribution >= 4 is 5.97 Å². The van der Waals surface area contributed by atoms with E-state index in [0.717, 1.165) is 11.1 Å². The fourth-order valence-electron chi connectivity index (χ4n) is 2.15. The van der Waals surface area contributed by atoms with E-state index in [4.69, 9.17) is 0 Å². The molecule has 0 aliphatic carbocycles. The van der Waals surface area contributed by atoms with Crippen LogP contribution in [0, 0.1) is 12.8 Å². The SMILES string of the molecule is Cc1ccc(CC(Cc2ccccc2)C(=O)O)cc1. The van der Waals surface area contributed by atoms with Gasteiger partial charge in [0.05, 0.1) is 5.92 Å². The van der Waals surface area contributed by atoms with Crippen LogP contribution in [0.1, 0.15) is 16.7 Å². The van der Waals surface area contributed by atoms with Crippen LogP contribution in [0.2, 0.25) is 0 Å². The summed E-state index contributed by atoms with van der Waals surface area (Å²) in [4.78, 5) is 11.4. The minimum atomic E-state index is -0.732. The molecule has 2 heteroatoms. The zero-order valence-electron chi connectivity index (χ0n) is 11.0. The summed E-state index contributed by atoms with van der Waals surface area (Å²) in [7, 11) is 0. The van der Waals surface area contributed by atoms with Crippen molar-refractivity contribution in [1.82, 2.24) is 0 Å². The Morgan fingerprint density at radius 1 is 0.947 bits per heavy atom. The van der Waals surface area contributed by atoms with Crippen molar-refractivity contribution in [2.24, 2.45) is 5.92 Å². The normalized spacial score (nSPS) is 12.1. The number of carboxylic acids is 1. The number of carbonyl (C=O) groups is 1. The molecule has 0 fully saturated rings. The van der Waals surface area contributed by atoms with Crippen molar-refractivity contribution in [3.8, 4) is 0 Å². The molecule has 1 N–H and O–H groups in total. The van der Waals surface area contributed by atoms with Crippen LogP contribution in [0.3, 0.4) is 0 Å². The van der Waals surface area contributed by atoms with Gasteiger partial charge in [-0.3, -0.25) is 4.79 Å². The number of carboxylic acid groups (broad SMARTS) is 1. The predicted octanol–water partition coefficient (Wildman–Crippen LogP) is 3.48. The largest absolute Gasteiger partial charge is 0.481 e. The third kappa shape index (κ3) is 3.95. The molecular weight excluding hydrogens is 236 g/mol. The van der Waals surface area contributed by atoms with E-state index in [-0.39, 0.29) is 5.92 Å². The van der Waals surface area contributed by atoms with Gasteiger partial charge in [0.25, 0.3) is 0 Å². The van der Waals surface area contributed by atoms with Crippen LogP contribution in [-0.2, 0) is 17.6 Å². The molecule has 0 heterocycles. The molecule has 2 aromatic carbocycles.